The van der Waals surface area contributed by atoms with Crippen LogP contribution in [-0.2, 0) is 29.0 Å². The summed E-state index contributed by atoms with van der Waals surface area (Å²) < 4.78 is 11.1. The number of pyridine rings is 2. The standard InChI is InChI=1S/C28H23Cl2N3O4S/c29-22-2-1-3-23(30)21(22)16-36-20-6-4-17(5-7-20)15-24(31)27(34)37-28(35)25-19(10-13-33-26(25)38)14-18-8-11-32-12-9-18/h1-13,24H,14-16,31H2,(H,33,38)/t24-/m0/s1. The van der Waals surface area contributed by atoms with Crippen LogP contribution in [-0.4, -0.2) is 27.9 Å². The minimum absolute atomic E-state index is 0.125. The predicted octanol–water partition coefficient (Wildman–Crippen LogP) is 5.87. The van der Waals surface area contributed by atoms with Crippen LogP contribution in [0.4, 0.5) is 0 Å². The first-order valence-corrected chi connectivity index (χ1v) is 12.7. The van der Waals surface area contributed by atoms with Crippen molar-refractivity contribution in [3.05, 3.63) is 122 Å². The van der Waals surface area contributed by atoms with E-state index in [-0.39, 0.29) is 23.2 Å². The first kappa shape index (κ1) is 27.5. The smallest absolute Gasteiger partial charge is 0.349 e. The second-order valence-corrected chi connectivity index (χ2v) is 9.61. The maximum Gasteiger partial charge on any atom is 0.349 e. The molecule has 4 aromatic rings. The summed E-state index contributed by atoms with van der Waals surface area (Å²) in [6, 6.07) is 16.6. The Morgan fingerprint density at radius 3 is 2.34 bits per heavy atom. The van der Waals surface area contributed by atoms with Crippen LogP contribution in [0.3, 0.4) is 0 Å². The van der Waals surface area contributed by atoms with Gasteiger partial charge in [-0.2, -0.15) is 0 Å². The number of halogens is 2. The number of hydrogen-bond acceptors (Lipinski definition) is 7. The predicted molar refractivity (Wildman–Crippen MR) is 148 cm³/mol. The number of benzene rings is 2. The van der Waals surface area contributed by atoms with Gasteiger partial charge in [-0.05, 0) is 72.0 Å². The van der Waals surface area contributed by atoms with Crippen molar-refractivity contribution in [3.8, 4) is 5.75 Å². The quantitative estimate of drug-likeness (QED) is 0.148. The minimum Gasteiger partial charge on any atom is -0.489 e. The Morgan fingerprint density at radius 2 is 1.66 bits per heavy atom. The van der Waals surface area contributed by atoms with Crippen molar-refractivity contribution >= 4 is 47.4 Å². The molecular weight excluding hydrogens is 545 g/mol. The van der Waals surface area contributed by atoms with Gasteiger partial charge >= 0.3 is 11.9 Å². The number of ether oxygens (including phenoxy) is 2. The molecule has 2 heterocycles. The molecule has 1 atom stereocenters. The average Bonchev–Trinajstić information content (AvgIpc) is 2.90. The molecule has 3 N–H and O–H groups in total. The second-order valence-electron chi connectivity index (χ2n) is 8.39. The monoisotopic (exact) mass is 567 g/mol. The Morgan fingerprint density at radius 1 is 0.974 bits per heavy atom. The molecule has 0 aliphatic carbocycles. The normalized spacial score (nSPS) is 11.6. The van der Waals surface area contributed by atoms with Crippen molar-refractivity contribution in [1.29, 1.82) is 0 Å². The first-order valence-electron chi connectivity index (χ1n) is 11.6. The van der Waals surface area contributed by atoms with Crippen LogP contribution >= 0.6 is 35.4 Å². The van der Waals surface area contributed by atoms with E-state index in [1.165, 1.54) is 0 Å². The van der Waals surface area contributed by atoms with E-state index in [4.69, 9.17) is 50.6 Å². The molecular formula is C28H23Cl2N3O4S. The Kier molecular flexibility index (Phi) is 9.25. The molecule has 7 nitrogen and oxygen atoms in total. The highest BCUT2D eigenvalue weighted by Crippen LogP contribution is 2.26. The Balaban J connectivity index is 1.36. The van der Waals surface area contributed by atoms with Crippen LogP contribution in [0.5, 0.6) is 5.75 Å². The van der Waals surface area contributed by atoms with E-state index in [0.717, 1.165) is 11.1 Å². The lowest BCUT2D eigenvalue weighted by atomic mass is 10.0. The van der Waals surface area contributed by atoms with Gasteiger partial charge in [0.2, 0.25) is 0 Å². The molecule has 0 aliphatic heterocycles. The molecule has 0 spiro atoms. The highest BCUT2D eigenvalue weighted by atomic mass is 35.5. The fraction of sp³-hybridized carbons (Fsp3) is 0.143. The van der Waals surface area contributed by atoms with Crippen molar-refractivity contribution in [2.45, 2.75) is 25.5 Å². The van der Waals surface area contributed by atoms with Crippen molar-refractivity contribution in [1.82, 2.24) is 9.97 Å². The Labute approximate surface area is 234 Å². The Bertz CT molecular complexity index is 1470. The maximum absolute atomic E-state index is 12.9. The number of carbonyl (C=O) groups is 2. The molecule has 0 aliphatic rings. The lowest BCUT2D eigenvalue weighted by Gasteiger charge is -2.13. The molecule has 0 bridgehead atoms. The minimum atomic E-state index is -1.06. The van der Waals surface area contributed by atoms with E-state index >= 15 is 0 Å². The van der Waals surface area contributed by atoms with E-state index in [1.54, 1.807) is 67.1 Å². The van der Waals surface area contributed by atoms with E-state index < -0.39 is 18.0 Å². The molecule has 0 radical (unpaired) electrons. The molecule has 4 rings (SSSR count). The number of esters is 2. The van der Waals surface area contributed by atoms with Gasteiger partial charge in [0.15, 0.2) is 0 Å². The molecule has 0 saturated carbocycles. The number of carbonyl (C=O) groups excluding carboxylic acids is 2. The van der Waals surface area contributed by atoms with Crippen LogP contribution in [0.1, 0.15) is 32.6 Å². The molecule has 0 amide bonds. The number of nitrogens with two attached hydrogens (primary N) is 1. The zero-order chi connectivity index (χ0) is 27.1. The van der Waals surface area contributed by atoms with Gasteiger partial charge in [-0.15, -0.1) is 0 Å². The third-order valence-electron chi connectivity index (χ3n) is 5.72. The SMILES string of the molecule is N[C@@H](Cc1ccc(OCc2c(Cl)cccc2Cl)cc1)C(=O)OC(=O)c1c(Cc2ccncc2)cc[nH]c1=S. The van der Waals surface area contributed by atoms with Crippen LogP contribution in [0.15, 0.2) is 79.3 Å². The molecule has 194 valence electrons. The highest BCUT2D eigenvalue weighted by Gasteiger charge is 2.23. The van der Waals surface area contributed by atoms with Gasteiger partial charge < -0.3 is 20.2 Å². The summed E-state index contributed by atoms with van der Waals surface area (Å²) in [6.07, 6.45) is 5.54. The van der Waals surface area contributed by atoms with E-state index in [2.05, 4.69) is 9.97 Å². The van der Waals surface area contributed by atoms with Gasteiger partial charge in [-0.3, -0.25) is 4.98 Å². The molecule has 10 heteroatoms. The zero-order valence-corrected chi connectivity index (χ0v) is 22.4. The fourth-order valence-electron chi connectivity index (χ4n) is 3.71. The average molecular weight is 568 g/mol. The third-order valence-corrected chi connectivity index (χ3v) is 6.75. The number of aromatic nitrogens is 2. The van der Waals surface area contributed by atoms with Crippen molar-refractivity contribution in [2.24, 2.45) is 5.73 Å². The van der Waals surface area contributed by atoms with E-state index in [1.807, 2.05) is 12.1 Å². The molecule has 38 heavy (non-hydrogen) atoms. The number of rotatable bonds is 9. The first-order chi connectivity index (χ1) is 18.3. The van der Waals surface area contributed by atoms with Gasteiger partial charge in [0, 0.05) is 34.2 Å². The van der Waals surface area contributed by atoms with Crippen molar-refractivity contribution < 1.29 is 19.1 Å². The van der Waals surface area contributed by atoms with Gasteiger partial charge in [0.1, 0.15) is 23.0 Å². The molecule has 0 fully saturated rings. The summed E-state index contributed by atoms with van der Waals surface area (Å²) in [5, 5.41) is 1.04. The largest absolute Gasteiger partial charge is 0.489 e. The molecule has 0 saturated heterocycles. The van der Waals surface area contributed by atoms with Gasteiger partial charge in [0.05, 0.1) is 5.56 Å². The number of H-pyrrole nitrogens is 1. The summed E-state index contributed by atoms with van der Waals surface area (Å²) in [7, 11) is 0. The number of aromatic amines is 1. The third kappa shape index (κ3) is 7.05. The Hall–Kier alpha value is -3.56. The lowest BCUT2D eigenvalue weighted by molar-refractivity contribution is -0.139. The van der Waals surface area contributed by atoms with Gasteiger partial charge in [0.25, 0.3) is 0 Å². The zero-order valence-electron chi connectivity index (χ0n) is 20.0. The van der Waals surface area contributed by atoms with Crippen LogP contribution in [0.25, 0.3) is 0 Å². The van der Waals surface area contributed by atoms with E-state index in [9.17, 15) is 9.59 Å². The molecule has 0 unspecified atom stereocenters. The maximum atomic E-state index is 12.9. The van der Waals surface area contributed by atoms with Gasteiger partial charge in [-0.25, -0.2) is 9.59 Å². The van der Waals surface area contributed by atoms with Gasteiger partial charge in [-0.1, -0.05) is 53.6 Å². The summed E-state index contributed by atoms with van der Waals surface area (Å²) >= 11 is 17.7. The molecule has 2 aromatic heterocycles. The molecule has 2 aromatic carbocycles. The van der Waals surface area contributed by atoms with E-state index in [0.29, 0.717) is 33.3 Å². The number of nitrogens with one attached hydrogen (secondary N) is 1. The summed E-state index contributed by atoms with van der Waals surface area (Å²) in [4.78, 5) is 32.3. The summed E-state index contributed by atoms with van der Waals surface area (Å²) in [5.41, 5.74) is 9.19. The second kappa shape index (κ2) is 12.8. The van der Waals surface area contributed by atoms with Crippen molar-refractivity contribution in [2.75, 3.05) is 0 Å². The summed E-state index contributed by atoms with van der Waals surface area (Å²) in [5.74, 6) is -1.11. The number of hydrogen-bond donors (Lipinski definition) is 2. The van der Waals surface area contributed by atoms with Crippen molar-refractivity contribution in [3.63, 3.8) is 0 Å². The fourth-order valence-corrected chi connectivity index (χ4v) is 4.50. The van der Waals surface area contributed by atoms with Crippen LogP contribution in [0, 0.1) is 4.64 Å². The summed E-state index contributed by atoms with van der Waals surface area (Å²) in [6.45, 7) is 0.205. The van der Waals surface area contributed by atoms with Crippen LogP contribution < -0.4 is 10.5 Å². The highest BCUT2D eigenvalue weighted by molar-refractivity contribution is 7.71. The number of nitrogens with zero attached hydrogens (tertiary/aromatic N) is 1. The topological polar surface area (TPSA) is 107 Å². The van der Waals surface area contributed by atoms with Crippen LogP contribution in [0.2, 0.25) is 10.0 Å². The lowest BCUT2D eigenvalue weighted by Crippen LogP contribution is -2.36.